The number of aromatic nitrogens is 3. The van der Waals surface area contributed by atoms with Gasteiger partial charge in [0, 0.05) is 19.4 Å². The van der Waals surface area contributed by atoms with Crippen molar-refractivity contribution in [2.45, 2.75) is 24.8 Å². The van der Waals surface area contributed by atoms with Gasteiger partial charge in [0.05, 0.1) is 12.3 Å². The van der Waals surface area contributed by atoms with Crippen molar-refractivity contribution >= 4 is 32.2 Å². The molecule has 0 saturated carbocycles. The van der Waals surface area contributed by atoms with Gasteiger partial charge in [-0.2, -0.15) is 4.37 Å². The fourth-order valence-electron chi connectivity index (χ4n) is 1.80. The number of hydrogen-bond acceptors (Lipinski definition) is 7. The van der Waals surface area contributed by atoms with E-state index in [1.54, 1.807) is 6.20 Å². The SMILES string of the molecule is CCCS(=O)(=O)c1c(N)nsc1NCc1nccn1C. The van der Waals surface area contributed by atoms with Crippen LogP contribution in [-0.4, -0.2) is 28.1 Å². The molecule has 2 rings (SSSR count). The minimum absolute atomic E-state index is 0.0609. The van der Waals surface area contributed by atoms with Crippen LogP contribution in [0.3, 0.4) is 0 Å². The maximum absolute atomic E-state index is 12.2. The zero-order valence-electron chi connectivity index (χ0n) is 11.3. The minimum Gasteiger partial charge on any atom is -0.382 e. The molecule has 2 aromatic rings. The number of nitrogens with two attached hydrogens (primary N) is 1. The molecule has 0 spiro atoms. The Balaban J connectivity index is 2.24. The van der Waals surface area contributed by atoms with Gasteiger partial charge in [0.1, 0.15) is 15.7 Å². The van der Waals surface area contributed by atoms with Gasteiger partial charge in [0.25, 0.3) is 0 Å². The number of nitrogens with one attached hydrogen (secondary N) is 1. The predicted molar refractivity (Wildman–Crippen MR) is 79.4 cm³/mol. The topological polar surface area (TPSA) is 103 Å². The summed E-state index contributed by atoms with van der Waals surface area (Å²) in [6.45, 7) is 2.23. The van der Waals surface area contributed by atoms with Gasteiger partial charge >= 0.3 is 0 Å². The molecule has 0 aliphatic carbocycles. The van der Waals surface area contributed by atoms with Crippen LogP contribution in [0.25, 0.3) is 0 Å². The fourth-order valence-corrected chi connectivity index (χ4v) is 4.42. The molecule has 2 heterocycles. The molecule has 0 radical (unpaired) electrons. The van der Waals surface area contributed by atoms with Gasteiger partial charge in [-0.1, -0.05) is 6.92 Å². The molecule has 0 amide bonds. The van der Waals surface area contributed by atoms with Gasteiger partial charge < -0.3 is 15.6 Å². The molecule has 3 N–H and O–H groups in total. The normalized spacial score (nSPS) is 11.7. The summed E-state index contributed by atoms with van der Waals surface area (Å²) in [5.74, 6) is 0.925. The number of hydrogen-bond donors (Lipinski definition) is 2. The van der Waals surface area contributed by atoms with Crippen molar-refractivity contribution in [1.29, 1.82) is 0 Å². The fraction of sp³-hybridized carbons (Fsp3) is 0.455. The minimum atomic E-state index is -3.40. The van der Waals surface area contributed by atoms with Gasteiger partial charge in [-0.25, -0.2) is 13.4 Å². The van der Waals surface area contributed by atoms with Crippen LogP contribution in [0.15, 0.2) is 17.3 Å². The van der Waals surface area contributed by atoms with Crippen molar-refractivity contribution in [3.8, 4) is 0 Å². The van der Waals surface area contributed by atoms with Gasteiger partial charge in [0.2, 0.25) is 0 Å². The maximum atomic E-state index is 12.2. The highest BCUT2D eigenvalue weighted by atomic mass is 32.2. The Bertz CT molecular complexity index is 689. The number of nitrogen functional groups attached to an aromatic ring is 1. The molecule has 0 saturated heterocycles. The molecule has 2 aromatic heterocycles. The second-order valence-corrected chi connectivity index (χ2v) is 7.17. The van der Waals surface area contributed by atoms with Crippen LogP contribution in [0.1, 0.15) is 19.2 Å². The number of sulfone groups is 1. The maximum Gasteiger partial charge on any atom is 0.185 e. The quantitative estimate of drug-likeness (QED) is 0.831. The van der Waals surface area contributed by atoms with Crippen LogP contribution in [-0.2, 0) is 23.4 Å². The van der Waals surface area contributed by atoms with Crippen LogP contribution >= 0.6 is 11.5 Å². The summed E-state index contributed by atoms with van der Waals surface area (Å²) in [7, 11) is -1.52. The highest BCUT2D eigenvalue weighted by Gasteiger charge is 2.24. The smallest absolute Gasteiger partial charge is 0.185 e. The monoisotopic (exact) mass is 315 g/mol. The zero-order chi connectivity index (χ0) is 14.8. The van der Waals surface area contributed by atoms with Crippen LogP contribution in [0.2, 0.25) is 0 Å². The molecule has 7 nitrogen and oxygen atoms in total. The van der Waals surface area contributed by atoms with E-state index in [1.165, 1.54) is 0 Å². The van der Waals surface area contributed by atoms with Crippen LogP contribution in [0.5, 0.6) is 0 Å². The molecule has 0 fully saturated rings. The molecule has 9 heteroatoms. The van der Waals surface area contributed by atoms with Crippen molar-refractivity contribution in [2.24, 2.45) is 7.05 Å². The first-order valence-electron chi connectivity index (χ1n) is 6.13. The number of imidazole rings is 1. The lowest BCUT2D eigenvalue weighted by atomic mass is 10.5. The molecular weight excluding hydrogens is 298 g/mol. The van der Waals surface area contributed by atoms with Gasteiger partial charge in [-0.3, -0.25) is 0 Å². The Kier molecular flexibility index (Phi) is 4.29. The number of nitrogens with zero attached hydrogens (tertiary/aromatic N) is 3. The average Bonchev–Trinajstić information content (AvgIpc) is 2.93. The second kappa shape index (κ2) is 5.80. The summed E-state index contributed by atoms with van der Waals surface area (Å²) in [5, 5.41) is 3.53. The Morgan fingerprint density at radius 3 is 2.85 bits per heavy atom. The molecule has 0 aliphatic heterocycles. The van der Waals surface area contributed by atoms with Crippen molar-refractivity contribution in [1.82, 2.24) is 13.9 Å². The van der Waals surface area contributed by atoms with Crippen molar-refractivity contribution in [2.75, 3.05) is 16.8 Å². The molecule has 110 valence electrons. The van der Waals surface area contributed by atoms with Crippen molar-refractivity contribution in [3.63, 3.8) is 0 Å². The highest BCUT2D eigenvalue weighted by Crippen LogP contribution is 2.32. The third kappa shape index (κ3) is 2.93. The molecule has 20 heavy (non-hydrogen) atoms. The van der Waals surface area contributed by atoms with E-state index in [1.807, 2.05) is 24.7 Å². The second-order valence-electron chi connectivity index (χ2n) is 4.35. The number of aryl methyl sites for hydroxylation is 1. The Hall–Kier alpha value is -1.61. The first kappa shape index (κ1) is 14.8. The van der Waals surface area contributed by atoms with Gasteiger partial charge in [0.15, 0.2) is 15.7 Å². The third-order valence-corrected chi connectivity index (χ3v) is 5.72. The molecule has 0 atom stereocenters. The third-order valence-electron chi connectivity index (χ3n) is 2.79. The van der Waals surface area contributed by atoms with Gasteiger partial charge in [-0.05, 0) is 18.0 Å². The molecule has 0 unspecified atom stereocenters. The first-order valence-corrected chi connectivity index (χ1v) is 8.56. The largest absolute Gasteiger partial charge is 0.382 e. The Morgan fingerprint density at radius 1 is 1.50 bits per heavy atom. The summed E-state index contributed by atoms with van der Waals surface area (Å²) in [6.07, 6.45) is 4.05. The van der Waals surface area contributed by atoms with Crippen molar-refractivity contribution in [3.05, 3.63) is 18.2 Å². The summed E-state index contributed by atoms with van der Waals surface area (Å²) < 4.78 is 30.2. The number of anilines is 2. The molecule has 0 aromatic carbocycles. The Morgan fingerprint density at radius 2 is 2.25 bits per heavy atom. The molecule has 0 aliphatic rings. The average molecular weight is 315 g/mol. The van der Waals surface area contributed by atoms with Crippen molar-refractivity contribution < 1.29 is 8.42 Å². The predicted octanol–water partition coefficient (Wildman–Crippen LogP) is 1.25. The number of rotatable bonds is 6. The molecule has 0 bridgehead atoms. The van der Waals surface area contributed by atoms with E-state index in [0.29, 0.717) is 18.0 Å². The van der Waals surface area contributed by atoms with E-state index in [0.717, 1.165) is 17.4 Å². The molecular formula is C11H17N5O2S2. The van der Waals surface area contributed by atoms with E-state index in [4.69, 9.17) is 5.73 Å². The standard InChI is InChI=1S/C11H17N5O2S2/c1-3-6-20(17,18)9-10(12)15-19-11(9)14-7-8-13-4-5-16(8)2/h4-5,14H,3,6-7H2,1-2H3,(H2,12,15). The van der Waals surface area contributed by atoms with E-state index >= 15 is 0 Å². The summed E-state index contributed by atoms with van der Waals surface area (Å²) in [5.41, 5.74) is 5.70. The van der Waals surface area contributed by atoms with E-state index in [2.05, 4.69) is 14.7 Å². The van der Waals surface area contributed by atoms with Crippen LogP contribution in [0.4, 0.5) is 10.8 Å². The highest BCUT2D eigenvalue weighted by molar-refractivity contribution is 7.91. The van der Waals surface area contributed by atoms with E-state index in [9.17, 15) is 8.42 Å². The zero-order valence-corrected chi connectivity index (χ0v) is 13.0. The van der Waals surface area contributed by atoms with E-state index in [-0.39, 0.29) is 16.5 Å². The summed E-state index contributed by atoms with van der Waals surface area (Å²) >= 11 is 1.05. The Labute approximate surface area is 121 Å². The summed E-state index contributed by atoms with van der Waals surface area (Å²) in [6, 6.07) is 0. The van der Waals surface area contributed by atoms with E-state index < -0.39 is 9.84 Å². The lowest BCUT2D eigenvalue weighted by molar-refractivity contribution is 0.595. The van der Waals surface area contributed by atoms with Gasteiger partial charge in [-0.15, -0.1) is 0 Å². The lowest BCUT2D eigenvalue weighted by Gasteiger charge is -2.07. The summed E-state index contributed by atoms with van der Waals surface area (Å²) in [4.78, 5) is 4.28. The first-order chi connectivity index (χ1) is 9.45. The van der Waals surface area contributed by atoms with Crippen LogP contribution in [0, 0.1) is 0 Å². The lowest BCUT2D eigenvalue weighted by Crippen LogP contribution is -2.11. The van der Waals surface area contributed by atoms with Crippen LogP contribution < -0.4 is 11.1 Å².